The predicted molar refractivity (Wildman–Crippen MR) is 79.6 cm³/mol. The first-order chi connectivity index (χ1) is 9.82. The smallest absolute Gasteiger partial charge is 0.246 e. The Morgan fingerprint density at radius 1 is 1.48 bits per heavy atom. The van der Waals surface area contributed by atoms with Gasteiger partial charge in [-0.1, -0.05) is 19.1 Å². The fraction of sp³-hybridized carbons (Fsp3) is 0.533. The van der Waals surface area contributed by atoms with Gasteiger partial charge in [0.15, 0.2) is 9.84 Å². The van der Waals surface area contributed by atoms with E-state index >= 15 is 0 Å². The van der Waals surface area contributed by atoms with Crippen LogP contribution in [0.15, 0.2) is 29.2 Å². The van der Waals surface area contributed by atoms with Gasteiger partial charge in [-0.05, 0) is 37.5 Å². The van der Waals surface area contributed by atoms with Gasteiger partial charge in [0.1, 0.15) is 6.10 Å². The number of hydrogen-bond donors (Lipinski definition) is 1. The van der Waals surface area contributed by atoms with E-state index in [1.54, 1.807) is 18.2 Å². The summed E-state index contributed by atoms with van der Waals surface area (Å²) in [4.78, 5) is 11.7. The van der Waals surface area contributed by atoms with E-state index in [4.69, 9.17) is 10.5 Å². The molecule has 1 saturated heterocycles. The highest BCUT2D eigenvalue weighted by Crippen LogP contribution is 2.39. The van der Waals surface area contributed by atoms with Crippen LogP contribution in [-0.2, 0) is 19.4 Å². The molecule has 1 aliphatic rings. The van der Waals surface area contributed by atoms with E-state index in [-0.39, 0.29) is 13.0 Å². The highest BCUT2D eigenvalue weighted by Gasteiger charge is 2.48. The van der Waals surface area contributed by atoms with Crippen LogP contribution in [0.1, 0.15) is 31.7 Å². The minimum atomic E-state index is -3.55. The molecule has 2 atom stereocenters. The molecule has 0 aromatic heterocycles. The number of benzene rings is 1. The first kappa shape index (κ1) is 16.0. The Labute approximate surface area is 125 Å². The summed E-state index contributed by atoms with van der Waals surface area (Å²) in [6.07, 6.45) is 0.0908. The number of carbonyl (C=O) groups is 1. The summed E-state index contributed by atoms with van der Waals surface area (Å²) < 4.78 is 30.4. The lowest BCUT2D eigenvalue weighted by Gasteiger charge is -2.38. The molecule has 1 amide bonds. The van der Waals surface area contributed by atoms with Crippen molar-refractivity contribution in [3.63, 3.8) is 0 Å². The van der Waals surface area contributed by atoms with Crippen molar-refractivity contribution in [3.05, 3.63) is 29.8 Å². The second kappa shape index (κ2) is 5.77. The van der Waals surface area contributed by atoms with Gasteiger partial charge in [0.2, 0.25) is 5.91 Å². The first-order valence-corrected chi connectivity index (χ1v) is 8.53. The zero-order chi connectivity index (χ0) is 15.7. The van der Waals surface area contributed by atoms with Gasteiger partial charge >= 0.3 is 0 Å². The summed E-state index contributed by atoms with van der Waals surface area (Å²) in [5, 5.41) is 0. The van der Waals surface area contributed by atoms with Crippen molar-refractivity contribution in [2.24, 2.45) is 5.73 Å². The average molecular weight is 311 g/mol. The number of aryl methyl sites for hydroxylation is 1. The highest BCUT2D eigenvalue weighted by atomic mass is 32.2. The van der Waals surface area contributed by atoms with Crippen LogP contribution in [0.3, 0.4) is 0 Å². The molecule has 5 nitrogen and oxygen atoms in total. The van der Waals surface area contributed by atoms with Gasteiger partial charge in [-0.25, -0.2) is 8.42 Å². The molecular weight excluding hydrogens is 290 g/mol. The van der Waals surface area contributed by atoms with Crippen LogP contribution in [-0.4, -0.2) is 31.8 Å². The minimum Gasteiger partial charge on any atom is -0.368 e. The minimum absolute atomic E-state index is 0.120. The van der Waals surface area contributed by atoms with Gasteiger partial charge in [0.05, 0.1) is 9.64 Å². The third kappa shape index (κ3) is 2.82. The Morgan fingerprint density at radius 3 is 2.76 bits per heavy atom. The van der Waals surface area contributed by atoms with E-state index in [2.05, 4.69) is 0 Å². The van der Waals surface area contributed by atoms with Gasteiger partial charge in [-0.15, -0.1) is 0 Å². The molecule has 1 aromatic carbocycles. The quantitative estimate of drug-likeness (QED) is 0.914. The number of nitrogens with two attached hydrogens (primary N) is 1. The monoisotopic (exact) mass is 311 g/mol. The lowest BCUT2D eigenvalue weighted by atomic mass is 9.92. The number of rotatable bonds is 4. The van der Waals surface area contributed by atoms with E-state index in [1.165, 1.54) is 0 Å². The van der Waals surface area contributed by atoms with Crippen LogP contribution in [0.2, 0.25) is 0 Å². The molecule has 0 spiro atoms. The third-order valence-electron chi connectivity index (χ3n) is 4.27. The summed E-state index contributed by atoms with van der Waals surface area (Å²) in [5.41, 5.74) is 6.18. The fourth-order valence-corrected chi connectivity index (χ4v) is 5.06. The average Bonchev–Trinajstić information content (AvgIpc) is 2.47. The highest BCUT2D eigenvalue weighted by molar-refractivity contribution is 7.92. The molecule has 2 rings (SSSR count). The molecule has 1 aliphatic heterocycles. The Morgan fingerprint density at radius 2 is 2.19 bits per heavy atom. The maximum Gasteiger partial charge on any atom is 0.246 e. The van der Waals surface area contributed by atoms with Crippen LogP contribution < -0.4 is 5.73 Å². The second-order valence-electron chi connectivity index (χ2n) is 5.57. The zero-order valence-corrected chi connectivity index (χ0v) is 13.2. The number of carbonyl (C=O) groups excluding carboxylic acids is 1. The maximum atomic E-state index is 13.1. The largest absolute Gasteiger partial charge is 0.368 e. The van der Waals surface area contributed by atoms with Crippen molar-refractivity contribution in [2.45, 2.75) is 48.9 Å². The van der Waals surface area contributed by atoms with Crippen molar-refractivity contribution >= 4 is 15.7 Å². The van der Waals surface area contributed by atoms with Gasteiger partial charge in [-0.3, -0.25) is 4.79 Å². The second-order valence-corrected chi connectivity index (χ2v) is 7.92. The van der Waals surface area contributed by atoms with Gasteiger partial charge in [-0.2, -0.15) is 0 Å². The summed E-state index contributed by atoms with van der Waals surface area (Å²) in [7, 11) is -3.55. The van der Waals surface area contributed by atoms with Crippen molar-refractivity contribution in [2.75, 3.05) is 6.61 Å². The summed E-state index contributed by atoms with van der Waals surface area (Å²) in [6.45, 7) is 3.91. The number of hydrogen-bond acceptors (Lipinski definition) is 4. The maximum absolute atomic E-state index is 13.1. The zero-order valence-electron chi connectivity index (χ0n) is 12.3. The molecule has 2 N–H and O–H groups in total. The van der Waals surface area contributed by atoms with E-state index < -0.39 is 26.6 Å². The van der Waals surface area contributed by atoms with Gasteiger partial charge in [0.25, 0.3) is 0 Å². The number of ether oxygens (including phenoxy) is 1. The number of primary amides is 1. The van der Waals surface area contributed by atoms with Crippen LogP contribution in [0.4, 0.5) is 0 Å². The van der Waals surface area contributed by atoms with Gasteiger partial charge < -0.3 is 10.5 Å². The van der Waals surface area contributed by atoms with E-state index in [0.717, 1.165) is 5.56 Å². The molecule has 0 bridgehead atoms. The van der Waals surface area contributed by atoms with Crippen molar-refractivity contribution in [1.82, 2.24) is 0 Å². The molecule has 21 heavy (non-hydrogen) atoms. The molecular formula is C15H21NO4S. The summed E-state index contributed by atoms with van der Waals surface area (Å²) in [6, 6.07) is 6.86. The van der Waals surface area contributed by atoms with Crippen molar-refractivity contribution < 1.29 is 17.9 Å². The van der Waals surface area contributed by atoms with Crippen molar-refractivity contribution in [1.29, 1.82) is 0 Å². The topological polar surface area (TPSA) is 86.5 Å². The number of sulfone groups is 1. The van der Waals surface area contributed by atoms with Gasteiger partial charge in [0, 0.05) is 13.0 Å². The lowest BCUT2D eigenvalue weighted by Crippen LogP contribution is -2.50. The molecule has 116 valence electrons. The Bertz CT molecular complexity index is 641. The molecule has 0 aliphatic carbocycles. The van der Waals surface area contributed by atoms with E-state index in [0.29, 0.717) is 17.7 Å². The first-order valence-electron chi connectivity index (χ1n) is 7.04. The Hall–Kier alpha value is -1.40. The van der Waals surface area contributed by atoms with Crippen LogP contribution in [0, 0.1) is 6.92 Å². The molecule has 1 aromatic rings. The summed E-state index contributed by atoms with van der Waals surface area (Å²) >= 11 is 0. The standard InChI is InChI=1S/C15H21NO4S/c1-3-15(7-8-20-13(10-15)14(16)17)21(18,19)12-6-4-5-11(2)9-12/h4-6,9,13H,3,7-8,10H2,1-2H3,(H2,16,17). The summed E-state index contributed by atoms with van der Waals surface area (Å²) in [5.74, 6) is -0.605. The predicted octanol–water partition coefficient (Wildman–Crippen LogP) is 1.58. The molecule has 0 saturated carbocycles. The number of amides is 1. The van der Waals surface area contributed by atoms with E-state index in [1.807, 2.05) is 19.9 Å². The fourth-order valence-electron chi connectivity index (χ4n) is 2.86. The SMILES string of the molecule is CCC1(S(=O)(=O)c2cccc(C)c2)CCOC(C(N)=O)C1. The Kier molecular flexibility index (Phi) is 4.39. The molecule has 0 radical (unpaired) electrons. The molecule has 1 heterocycles. The van der Waals surface area contributed by atoms with Crippen LogP contribution in [0.25, 0.3) is 0 Å². The Balaban J connectivity index is 2.46. The van der Waals surface area contributed by atoms with Crippen LogP contribution >= 0.6 is 0 Å². The third-order valence-corrected chi connectivity index (χ3v) is 6.94. The lowest BCUT2D eigenvalue weighted by molar-refractivity contribution is -0.133. The van der Waals surface area contributed by atoms with Crippen LogP contribution in [0.5, 0.6) is 0 Å². The molecule has 2 unspecified atom stereocenters. The van der Waals surface area contributed by atoms with E-state index in [9.17, 15) is 13.2 Å². The molecule has 6 heteroatoms. The normalized spacial score (nSPS) is 26.5. The molecule has 1 fully saturated rings. The van der Waals surface area contributed by atoms with Crippen molar-refractivity contribution in [3.8, 4) is 0 Å².